The first-order valence-corrected chi connectivity index (χ1v) is 4.57. The third-order valence-electron chi connectivity index (χ3n) is 1.16. The Hall–Kier alpha value is -0.680. The fraction of sp³-hybridized carbons (Fsp3) is 0. The maximum Gasteiger partial charge on any atom is 0.335 e. The van der Waals surface area contributed by atoms with E-state index in [1.807, 2.05) is 0 Å². The van der Waals surface area contributed by atoms with Gasteiger partial charge in [-0.1, -0.05) is 11.6 Å². The molecule has 0 N–H and O–H groups in total. The van der Waals surface area contributed by atoms with Crippen LogP contribution in [0.1, 0.15) is 0 Å². The van der Waals surface area contributed by atoms with Gasteiger partial charge in [-0.05, 0) is 18.2 Å². The normalized spacial score (nSPS) is 11.6. The third-order valence-corrected chi connectivity index (χ3v) is 2.25. The van der Waals surface area contributed by atoms with Crippen molar-refractivity contribution in [1.29, 1.82) is 0 Å². The summed E-state index contributed by atoms with van der Waals surface area (Å²) >= 11 is 5.31. The molecule has 0 radical (unpaired) electrons. The molecular weight excluding hydrogens is 210 g/mol. The van der Waals surface area contributed by atoms with Crippen LogP contribution in [0.15, 0.2) is 23.1 Å². The van der Waals surface area contributed by atoms with Gasteiger partial charge in [-0.15, -0.1) is 3.89 Å². The van der Waals surface area contributed by atoms with Gasteiger partial charge < -0.3 is 0 Å². The first-order valence-electron chi connectivity index (χ1n) is 2.81. The van der Waals surface area contributed by atoms with Gasteiger partial charge in [-0.25, -0.2) is 4.39 Å². The van der Waals surface area contributed by atoms with Crippen molar-refractivity contribution in [3.63, 3.8) is 0 Å². The van der Waals surface area contributed by atoms with Crippen molar-refractivity contribution in [1.82, 2.24) is 0 Å². The lowest BCUT2D eigenvalue weighted by atomic mass is 10.3. The van der Waals surface area contributed by atoms with Crippen molar-refractivity contribution in [2.75, 3.05) is 0 Å². The molecule has 0 saturated carbocycles. The third kappa shape index (κ3) is 1.92. The second-order valence-corrected chi connectivity index (χ2v) is 3.76. The lowest BCUT2D eigenvalue weighted by molar-refractivity contribution is 0.533. The maximum absolute atomic E-state index is 12.6. The summed E-state index contributed by atoms with van der Waals surface area (Å²) in [6, 6.07) is 2.60. The second kappa shape index (κ2) is 2.99. The highest BCUT2D eigenvalue weighted by Crippen LogP contribution is 2.20. The van der Waals surface area contributed by atoms with E-state index >= 15 is 0 Å². The summed E-state index contributed by atoms with van der Waals surface area (Å²) in [6.07, 6.45) is 0. The van der Waals surface area contributed by atoms with E-state index in [4.69, 9.17) is 11.6 Å². The van der Waals surface area contributed by atoms with Crippen LogP contribution in [0.4, 0.5) is 8.28 Å². The summed E-state index contributed by atoms with van der Waals surface area (Å²) in [5.41, 5.74) is 0. The van der Waals surface area contributed by atoms with Crippen molar-refractivity contribution in [3.05, 3.63) is 29.0 Å². The fourth-order valence-electron chi connectivity index (χ4n) is 0.673. The molecule has 0 aromatic heterocycles. The Morgan fingerprint density at radius 1 is 1.33 bits per heavy atom. The van der Waals surface area contributed by atoms with Crippen LogP contribution in [0.2, 0.25) is 5.02 Å². The fourth-order valence-corrected chi connectivity index (χ4v) is 1.35. The molecule has 66 valence electrons. The van der Waals surface area contributed by atoms with Gasteiger partial charge in [0.1, 0.15) is 10.7 Å². The van der Waals surface area contributed by atoms with Crippen LogP contribution in [0.5, 0.6) is 0 Å². The maximum atomic E-state index is 12.6. The quantitative estimate of drug-likeness (QED) is 0.669. The zero-order valence-corrected chi connectivity index (χ0v) is 7.16. The molecule has 1 aromatic carbocycles. The lowest BCUT2D eigenvalue weighted by Gasteiger charge is -1.96. The molecule has 0 unspecified atom stereocenters. The summed E-state index contributed by atoms with van der Waals surface area (Å²) in [6.45, 7) is 0. The summed E-state index contributed by atoms with van der Waals surface area (Å²) in [5, 5.41) is 0.0138. The SMILES string of the molecule is O=S(=O)(F)c1ccc(Cl)cc1F. The van der Waals surface area contributed by atoms with Crippen LogP contribution >= 0.6 is 11.6 Å². The number of benzene rings is 1. The Morgan fingerprint density at radius 2 is 1.92 bits per heavy atom. The average Bonchev–Trinajstić information content (AvgIpc) is 1.83. The first kappa shape index (κ1) is 9.41. The molecule has 0 aliphatic carbocycles. The highest BCUT2D eigenvalue weighted by Gasteiger charge is 2.17. The molecular formula is C6H3ClF2O2S. The molecule has 0 amide bonds. The molecule has 1 aromatic rings. The van der Waals surface area contributed by atoms with Crippen molar-refractivity contribution >= 4 is 21.8 Å². The highest BCUT2D eigenvalue weighted by molar-refractivity contribution is 7.86. The smallest absolute Gasteiger partial charge is 0.205 e. The molecule has 12 heavy (non-hydrogen) atoms. The summed E-state index contributed by atoms with van der Waals surface area (Å²) in [7, 11) is -4.98. The van der Waals surface area contributed by atoms with E-state index in [1.165, 1.54) is 0 Å². The molecule has 0 saturated heterocycles. The Labute approximate surface area is 73.0 Å². The van der Waals surface area contributed by atoms with Crippen molar-refractivity contribution in [2.24, 2.45) is 0 Å². The first-order chi connectivity index (χ1) is 5.41. The molecule has 1 rings (SSSR count). The van der Waals surface area contributed by atoms with E-state index in [0.717, 1.165) is 18.2 Å². The van der Waals surface area contributed by atoms with Crippen LogP contribution in [-0.2, 0) is 10.2 Å². The zero-order chi connectivity index (χ0) is 9.35. The van der Waals surface area contributed by atoms with E-state index in [0.29, 0.717) is 0 Å². The molecule has 2 nitrogen and oxygen atoms in total. The summed E-state index contributed by atoms with van der Waals surface area (Å²) < 4.78 is 45.3. The number of hydrogen-bond donors (Lipinski definition) is 0. The van der Waals surface area contributed by atoms with Gasteiger partial charge >= 0.3 is 10.2 Å². The summed E-state index contributed by atoms with van der Waals surface area (Å²) in [5.74, 6) is -1.19. The van der Waals surface area contributed by atoms with Gasteiger partial charge in [-0.3, -0.25) is 0 Å². The Kier molecular flexibility index (Phi) is 2.34. The monoisotopic (exact) mass is 212 g/mol. The van der Waals surface area contributed by atoms with Gasteiger partial charge in [0.15, 0.2) is 0 Å². The standard InChI is InChI=1S/C6H3ClF2O2S/c7-4-1-2-6(5(8)3-4)12(9,10)11/h1-3H. The van der Waals surface area contributed by atoms with Gasteiger partial charge in [-0.2, -0.15) is 8.42 Å². The Morgan fingerprint density at radius 3 is 2.33 bits per heavy atom. The van der Waals surface area contributed by atoms with E-state index in [9.17, 15) is 16.7 Å². The van der Waals surface area contributed by atoms with Crippen molar-refractivity contribution in [2.45, 2.75) is 4.90 Å². The molecule has 0 fully saturated rings. The van der Waals surface area contributed by atoms with E-state index in [-0.39, 0.29) is 5.02 Å². The lowest BCUT2D eigenvalue weighted by Crippen LogP contribution is -1.95. The second-order valence-electron chi connectivity index (χ2n) is 2.01. The van der Waals surface area contributed by atoms with Crippen LogP contribution in [0, 0.1) is 5.82 Å². The molecule has 0 spiro atoms. The average molecular weight is 213 g/mol. The minimum Gasteiger partial charge on any atom is -0.205 e. The Balaban J connectivity index is 3.39. The topological polar surface area (TPSA) is 34.1 Å². The zero-order valence-electron chi connectivity index (χ0n) is 5.59. The van der Waals surface area contributed by atoms with Gasteiger partial charge in [0, 0.05) is 5.02 Å². The van der Waals surface area contributed by atoms with Crippen LogP contribution in [0.3, 0.4) is 0 Å². The molecule has 0 aliphatic rings. The van der Waals surface area contributed by atoms with Crippen LogP contribution in [-0.4, -0.2) is 8.42 Å². The van der Waals surface area contributed by atoms with Gasteiger partial charge in [0.05, 0.1) is 0 Å². The van der Waals surface area contributed by atoms with Crippen molar-refractivity contribution in [3.8, 4) is 0 Å². The molecule has 0 bridgehead atoms. The molecule has 0 aliphatic heterocycles. The molecule has 0 atom stereocenters. The molecule has 6 heteroatoms. The predicted octanol–water partition coefficient (Wildman–Crippen LogP) is 2.14. The van der Waals surface area contributed by atoms with Gasteiger partial charge in [0.2, 0.25) is 0 Å². The Bertz CT molecular complexity index is 402. The summed E-state index contributed by atoms with van der Waals surface area (Å²) in [4.78, 5) is -0.994. The minimum absolute atomic E-state index is 0.0138. The van der Waals surface area contributed by atoms with Gasteiger partial charge in [0.25, 0.3) is 0 Å². The number of hydrogen-bond acceptors (Lipinski definition) is 2. The van der Waals surface area contributed by atoms with E-state index < -0.39 is 20.9 Å². The van der Waals surface area contributed by atoms with E-state index in [2.05, 4.69) is 0 Å². The van der Waals surface area contributed by atoms with Crippen LogP contribution < -0.4 is 0 Å². The largest absolute Gasteiger partial charge is 0.335 e. The predicted molar refractivity (Wildman–Crippen MR) is 39.7 cm³/mol. The number of halogens is 3. The van der Waals surface area contributed by atoms with Crippen LogP contribution in [0.25, 0.3) is 0 Å². The van der Waals surface area contributed by atoms with E-state index in [1.54, 1.807) is 0 Å². The van der Waals surface area contributed by atoms with Crippen molar-refractivity contribution < 1.29 is 16.7 Å². The highest BCUT2D eigenvalue weighted by atomic mass is 35.5. The molecule has 0 heterocycles. The minimum atomic E-state index is -4.98. The number of rotatable bonds is 1.